The summed E-state index contributed by atoms with van der Waals surface area (Å²) < 4.78 is 5.15. The SMILES string of the molecule is COc1ccc(NCc2nc(C)ccc2O)cc1CO. The molecule has 0 saturated heterocycles. The Morgan fingerprint density at radius 3 is 2.75 bits per heavy atom. The van der Waals surface area contributed by atoms with Crippen molar-refractivity contribution < 1.29 is 14.9 Å². The summed E-state index contributed by atoms with van der Waals surface area (Å²) in [6.07, 6.45) is 0. The van der Waals surface area contributed by atoms with Crippen molar-refractivity contribution in [3.05, 3.63) is 47.3 Å². The van der Waals surface area contributed by atoms with E-state index in [1.807, 2.05) is 19.1 Å². The zero-order valence-corrected chi connectivity index (χ0v) is 11.6. The van der Waals surface area contributed by atoms with Gasteiger partial charge >= 0.3 is 0 Å². The molecular formula is C15H18N2O3. The molecule has 0 unspecified atom stereocenters. The number of aromatic hydroxyl groups is 1. The van der Waals surface area contributed by atoms with Crippen molar-refractivity contribution >= 4 is 5.69 Å². The topological polar surface area (TPSA) is 74.6 Å². The lowest BCUT2D eigenvalue weighted by Gasteiger charge is -2.11. The van der Waals surface area contributed by atoms with Crippen molar-refractivity contribution in [3.8, 4) is 11.5 Å². The maximum Gasteiger partial charge on any atom is 0.138 e. The smallest absolute Gasteiger partial charge is 0.138 e. The van der Waals surface area contributed by atoms with Crippen molar-refractivity contribution in [2.45, 2.75) is 20.1 Å². The number of hydrogen-bond acceptors (Lipinski definition) is 5. The number of hydrogen-bond donors (Lipinski definition) is 3. The average Bonchev–Trinajstić information content (AvgIpc) is 2.47. The molecule has 0 fully saturated rings. The number of ether oxygens (including phenoxy) is 1. The van der Waals surface area contributed by atoms with Crippen LogP contribution in [0.15, 0.2) is 30.3 Å². The fourth-order valence-electron chi connectivity index (χ4n) is 1.93. The number of methoxy groups -OCH3 is 1. The molecule has 5 heteroatoms. The summed E-state index contributed by atoms with van der Waals surface area (Å²) in [7, 11) is 1.57. The van der Waals surface area contributed by atoms with E-state index in [1.165, 1.54) is 0 Å². The van der Waals surface area contributed by atoms with E-state index in [0.29, 0.717) is 23.6 Å². The minimum absolute atomic E-state index is 0.0906. The number of nitrogens with zero attached hydrogens (tertiary/aromatic N) is 1. The molecule has 3 N–H and O–H groups in total. The van der Waals surface area contributed by atoms with Gasteiger partial charge in [0.2, 0.25) is 0 Å². The monoisotopic (exact) mass is 274 g/mol. The highest BCUT2D eigenvalue weighted by atomic mass is 16.5. The first-order chi connectivity index (χ1) is 9.63. The van der Waals surface area contributed by atoms with E-state index in [4.69, 9.17) is 4.74 Å². The Labute approximate surface area is 117 Å². The van der Waals surface area contributed by atoms with E-state index in [9.17, 15) is 10.2 Å². The van der Waals surface area contributed by atoms with E-state index in [0.717, 1.165) is 11.4 Å². The van der Waals surface area contributed by atoms with Crippen molar-refractivity contribution in [1.29, 1.82) is 0 Å². The molecule has 20 heavy (non-hydrogen) atoms. The van der Waals surface area contributed by atoms with Crippen molar-refractivity contribution in [2.75, 3.05) is 12.4 Å². The molecule has 1 aromatic heterocycles. The molecule has 2 rings (SSSR count). The summed E-state index contributed by atoms with van der Waals surface area (Å²) in [6, 6.07) is 8.84. The zero-order valence-electron chi connectivity index (χ0n) is 11.6. The Bertz CT molecular complexity index is 600. The van der Waals surface area contributed by atoms with Gasteiger partial charge < -0.3 is 20.3 Å². The summed E-state index contributed by atoms with van der Waals surface area (Å²) in [5.41, 5.74) is 2.98. The standard InChI is InChI=1S/C15H18N2O3/c1-10-3-5-14(19)13(17-10)8-16-12-4-6-15(20-2)11(7-12)9-18/h3-7,16,18-19H,8-9H2,1-2H3. The van der Waals surface area contributed by atoms with Crippen LogP contribution in [0.5, 0.6) is 11.5 Å². The summed E-state index contributed by atoms with van der Waals surface area (Å²) in [5.74, 6) is 0.813. The van der Waals surface area contributed by atoms with Crippen LogP contribution in [0.25, 0.3) is 0 Å². The summed E-state index contributed by atoms with van der Waals surface area (Å²) in [4.78, 5) is 4.28. The number of rotatable bonds is 5. The molecule has 0 spiro atoms. The van der Waals surface area contributed by atoms with Crippen LogP contribution in [0, 0.1) is 6.92 Å². The van der Waals surface area contributed by atoms with Gasteiger partial charge in [0.15, 0.2) is 0 Å². The Hall–Kier alpha value is -2.27. The van der Waals surface area contributed by atoms with Gasteiger partial charge in [-0.2, -0.15) is 0 Å². The Kier molecular flexibility index (Phi) is 4.42. The molecule has 1 heterocycles. The van der Waals surface area contributed by atoms with Gasteiger partial charge in [-0.15, -0.1) is 0 Å². The van der Waals surface area contributed by atoms with Crippen LogP contribution in [0.3, 0.4) is 0 Å². The van der Waals surface area contributed by atoms with Crippen LogP contribution in [-0.2, 0) is 13.2 Å². The average molecular weight is 274 g/mol. The third-order valence-electron chi connectivity index (χ3n) is 3.00. The van der Waals surface area contributed by atoms with Crippen molar-refractivity contribution in [2.24, 2.45) is 0 Å². The molecule has 2 aromatic rings. The van der Waals surface area contributed by atoms with Gasteiger partial charge in [-0.05, 0) is 37.3 Å². The van der Waals surface area contributed by atoms with Crippen LogP contribution in [0.2, 0.25) is 0 Å². The van der Waals surface area contributed by atoms with E-state index in [2.05, 4.69) is 10.3 Å². The van der Waals surface area contributed by atoms with Crippen LogP contribution in [0.4, 0.5) is 5.69 Å². The number of benzene rings is 1. The molecule has 0 saturated carbocycles. The minimum Gasteiger partial charge on any atom is -0.506 e. The lowest BCUT2D eigenvalue weighted by atomic mass is 10.2. The first-order valence-electron chi connectivity index (χ1n) is 6.31. The molecule has 0 atom stereocenters. The summed E-state index contributed by atoms with van der Waals surface area (Å²) in [6.45, 7) is 2.19. The van der Waals surface area contributed by atoms with Gasteiger partial charge in [0.25, 0.3) is 0 Å². The molecule has 0 aliphatic heterocycles. The number of anilines is 1. The first kappa shape index (κ1) is 14.1. The van der Waals surface area contributed by atoms with E-state index >= 15 is 0 Å². The molecular weight excluding hydrogens is 256 g/mol. The highest BCUT2D eigenvalue weighted by Crippen LogP contribution is 2.23. The fraction of sp³-hybridized carbons (Fsp3) is 0.267. The normalized spacial score (nSPS) is 10.3. The molecule has 1 aromatic carbocycles. The molecule has 5 nitrogen and oxygen atoms in total. The van der Waals surface area contributed by atoms with E-state index in [-0.39, 0.29) is 12.4 Å². The third kappa shape index (κ3) is 3.19. The molecule has 0 amide bonds. The number of aliphatic hydroxyl groups is 1. The molecule has 0 aliphatic carbocycles. The van der Waals surface area contributed by atoms with Crippen LogP contribution >= 0.6 is 0 Å². The van der Waals surface area contributed by atoms with Gasteiger partial charge in [0.1, 0.15) is 17.2 Å². The second kappa shape index (κ2) is 6.25. The summed E-state index contributed by atoms with van der Waals surface area (Å²) >= 11 is 0. The highest BCUT2D eigenvalue weighted by Gasteiger charge is 2.06. The summed E-state index contributed by atoms with van der Waals surface area (Å²) in [5, 5.41) is 22.2. The van der Waals surface area contributed by atoms with Gasteiger partial charge in [-0.1, -0.05) is 0 Å². The van der Waals surface area contributed by atoms with Gasteiger partial charge in [-0.3, -0.25) is 4.98 Å². The van der Waals surface area contributed by atoms with E-state index in [1.54, 1.807) is 25.3 Å². The number of aromatic nitrogens is 1. The second-order valence-electron chi connectivity index (χ2n) is 4.46. The van der Waals surface area contributed by atoms with Crippen molar-refractivity contribution in [3.63, 3.8) is 0 Å². The predicted molar refractivity (Wildman–Crippen MR) is 76.9 cm³/mol. The lowest BCUT2D eigenvalue weighted by molar-refractivity contribution is 0.274. The number of aliphatic hydroxyl groups excluding tert-OH is 1. The van der Waals surface area contributed by atoms with E-state index < -0.39 is 0 Å². The Balaban J connectivity index is 2.12. The maximum absolute atomic E-state index is 9.73. The molecule has 106 valence electrons. The molecule has 0 aliphatic rings. The van der Waals surface area contributed by atoms with Gasteiger partial charge in [0.05, 0.1) is 20.3 Å². The van der Waals surface area contributed by atoms with Gasteiger partial charge in [-0.25, -0.2) is 0 Å². The van der Waals surface area contributed by atoms with Gasteiger partial charge in [0, 0.05) is 16.9 Å². The van der Waals surface area contributed by atoms with Crippen LogP contribution in [0.1, 0.15) is 17.0 Å². The van der Waals surface area contributed by atoms with Crippen LogP contribution < -0.4 is 10.1 Å². The minimum atomic E-state index is -0.0906. The van der Waals surface area contributed by atoms with Crippen molar-refractivity contribution in [1.82, 2.24) is 4.98 Å². The van der Waals surface area contributed by atoms with Crippen LogP contribution in [-0.4, -0.2) is 22.3 Å². The lowest BCUT2D eigenvalue weighted by Crippen LogP contribution is -2.03. The Morgan fingerprint density at radius 2 is 2.05 bits per heavy atom. The number of pyridine rings is 1. The first-order valence-corrected chi connectivity index (χ1v) is 6.31. The largest absolute Gasteiger partial charge is 0.506 e. The predicted octanol–water partition coefficient (Wildman–Crippen LogP) is 2.21. The third-order valence-corrected chi connectivity index (χ3v) is 3.00. The second-order valence-corrected chi connectivity index (χ2v) is 4.46. The number of nitrogens with one attached hydrogen (secondary N) is 1. The zero-order chi connectivity index (χ0) is 14.5. The quantitative estimate of drug-likeness (QED) is 0.779. The molecule has 0 radical (unpaired) electrons. The fourth-order valence-corrected chi connectivity index (χ4v) is 1.93. The number of aryl methyl sites for hydroxylation is 1. The maximum atomic E-state index is 9.73. The highest BCUT2D eigenvalue weighted by molar-refractivity contribution is 5.51. The molecule has 0 bridgehead atoms. The Morgan fingerprint density at radius 1 is 1.25 bits per heavy atom.